The quantitative estimate of drug-likeness (QED) is 0.453. The first-order valence-electron chi connectivity index (χ1n) is 9.52. The van der Waals surface area contributed by atoms with E-state index in [1.807, 2.05) is 5.38 Å². The van der Waals surface area contributed by atoms with Crippen molar-refractivity contribution in [3.8, 4) is 17.2 Å². The molecule has 0 bridgehead atoms. The highest BCUT2D eigenvalue weighted by Crippen LogP contribution is 2.31. The second kappa shape index (κ2) is 11.4. The number of nitrogens with zero attached hydrogens (tertiary/aromatic N) is 1. The van der Waals surface area contributed by atoms with Gasteiger partial charge < -0.3 is 19.5 Å². The van der Waals surface area contributed by atoms with E-state index in [0.29, 0.717) is 33.6 Å². The van der Waals surface area contributed by atoms with E-state index in [4.69, 9.17) is 14.2 Å². The zero-order valence-corrected chi connectivity index (χ0v) is 19.5. The van der Waals surface area contributed by atoms with Crippen molar-refractivity contribution in [2.24, 2.45) is 0 Å². The summed E-state index contributed by atoms with van der Waals surface area (Å²) in [6, 6.07) is 12.2. The molecule has 3 rings (SSSR count). The van der Waals surface area contributed by atoms with Crippen molar-refractivity contribution in [1.29, 1.82) is 0 Å². The maximum absolute atomic E-state index is 12.6. The van der Waals surface area contributed by atoms with Crippen LogP contribution in [0.4, 0.5) is 10.8 Å². The van der Waals surface area contributed by atoms with Crippen molar-refractivity contribution >= 4 is 45.7 Å². The second-order valence-corrected chi connectivity index (χ2v) is 8.25. The van der Waals surface area contributed by atoms with Crippen LogP contribution in [0, 0.1) is 0 Å². The minimum Gasteiger partial charge on any atom is -0.497 e. The van der Waals surface area contributed by atoms with Crippen LogP contribution in [0.15, 0.2) is 47.8 Å². The summed E-state index contributed by atoms with van der Waals surface area (Å²) in [5.41, 5.74) is 1.85. The lowest BCUT2D eigenvalue weighted by Crippen LogP contribution is -2.14. The van der Waals surface area contributed by atoms with E-state index < -0.39 is 0 Å². The van der Waals surface area contributed by atoms with Gasteiger partial charge in [-0.1, -0.05) is 6.07 Å². The number of thioether (sulfide) groups is 1. The highest BCUT2D eigenvalue weighted by atomic mass is 32.2. The zero-order chi connectivity index (χ0) is 22.9. The number of benzene rings is 2. The largest absolute Gasteiger partial charge is 0.497 e. The number of amides is 2. The molecule has 10 heteroatoms. The monoisotopic (exact) mass is 473 g/mol. The maximum atomic E-state index is 12.6. The van der Waals surface area contributed by atoms with Gasteiger partial charge in [-0.15, -0.1) is 23.1 Å². The van der Waals surface area contributed by atoms with Gasteiger partial charge in [0.25, 0.3) is 5.91 Å². The molecule has 0 saturated heterocycles. The molecular formula is C22H23N3O5S2. The lowest BCUT2D eigenvalue weighted by atomic mass is 10.1. The zero-order valence-electron chi connectivity index (χ0n) is 17.8. The summed E-state index contributed by atoms with van der Waals surface area (Å²) >= 11 is 2.76. The second-order valence-electron chi connectivity index (χ2n) is 6.41. The number of anilines is 2. The van der Waals surface area contributed by atoms with E-state index >= 15 is 0 Å². The summed E-state index contributed by atoms with van der Waals surface area (Å²) in [6.07, 6.45) is 0. The molecular weight excluding hydrogens is 450 g/mol. The number of para-hydroxylation sites is 1. The maximum Gasteiger partial charge on any atom is 0.261 e. The van der Waals surface area contributed by atoms with Crippen molar-refractivity contribution in [3.05, 3.63) is 59.1 Å². The normalized spacial score (nSPS) is 10.3. The molecule has 2 aromatic carbocycles. The highest BCUT2D eigenvalue weighted by Gasteiger charge is 2.17. The van der Waals surface area contributed by atoms with Crippen LogP contribution in [0.5, 0.6) is 17.2 Å². The van der Waals surface area contributed by atoms with Crippen LogP contribution in [0.2, 0.25) is 0 Å². The number of rotatable bonds is 10. The van der Waals surface area contributed by atoms with Gasteiger partial charge >= 0.3 is 0 Å². The van der Waals surface area contributed by atoms with Gasteiger partial charge in [-0.05, 0) is 36.4 Å². The van der Waals surface area contributed by atoms with Gasteiger partial charge in [0, 0.05) is 16.8 Å². The number of nitrogens with one attached hydrogen (secondary N) is 2. The van der Waals surface area contributed by atoms with Gasteiger partial charge in [0.2, 0.25) is 5.91 Å². The van der Waals surface area contributed by atoms with E-state index in [0.717, 1.165) is 11.4 Å². The predicted octanol–water partition coefficient (Wildman–Crippen LogP) is 4.29. The SMILES string of the molecule is COc1ccc(NC(=O)CSCc2csc(NC(=O)c3cccc(OC)c3OC)n2)cc1. The fourth-order valence-corrected chi connectivity index (χ4v) is 4.31. The summed E-state index contributed by atoms with van der Waals surface area (Å²) < 4.78 is 15.6. The fraction of sp³-hybridized carbons (Fsp3) is 0.227. The van der Waals surface area contributed by atoms with E-state index in [9.17, 15) is 9.59 Å². The van der Waals surface area contributed by atoms with Gasteiger partial charge in [-0.2, -0.15) is 0 Å². The van der Waals surface area contributed by atoms with Crippen LogP contribution in [-0.2, 0) is 10.5 Å². The van der Waals surface area contributed by atoms with Crippen molar-refractivity contribution in [3.63, 3.8) is 0 Å². The van der Waals surface area contributed by atoms with Gasteiger partial charge in [-0.3, -0.25) is 14.9 Å². The average molecular weight is 474 g/mol. The van der Waals surface area contributed by atoms with Crippen LogP contribution in [-0.4, -0.2) is 43.9 Å². The number of aromatic nitrogens is 1. The van der Waals surface area contributed by atoms with Gasteiger partial charge in [0.15, 0.2) is 16.6 Å². The number of carbonyl (C=O) groups excluding carboxylic acids is 2. The summed E-state index contributed by atoms with van der Waals surface area (Å²) in [4.78, 5) is 29.2. The van der Waals surface area contributed by atoms with Crippen LogP contribution in [0.3, 0.4) is 0 Å². The predicted molar refractivity (Wildman–Crippen MR) is 127 cm³/mol. The molecule has 0 aliphatic heterocycles. The third-order valence-corrected chi connectivity index (χ3v) is 6.05. The summed E-state index contributed by atoms with van der Waals surface area (Å²) in [5, 5.41) is 7.94. The minimum atomic E-state index is -0.340. The Morgan fingerprint density at radius 2 is 1.78 bits per heavy atom. The number of hydrogen-bond acceptors (Lipinski definition) is 8. The summed E-state index contributed by atoms with van der Waals surface area (Å²) in [6.45, 7) is 0. The van der Waals surface area contributed by atoms with Crippen molar-refractivity contribution in [1.82, 2.24) is 4.98 Å². The first-order chi connectivity index (χ1) is 15.5. The fourth-order valence-electron chi connectivity index (χ4n) is 2.78. The van der Waals surface area contributed by atoms with Crippen molar-refractivity contribution in [2.45, 2.75) is 5.75 Å². The standard InChI is InChI=1S/C22H23N3O5S2/c1-28-16-9-7-14(8-10-16)23-19(26)13-31-11-15-12-32-22(24-15)25-21(27)17-5-4-6-18(29-2)20(17)30-3/h4-10,12H,11,13H2,1-3H3,(H,23,26)(H,24,25,27). The van der Waals surface area contributed by atoms with Crippen molar-refractivity contribution < 1.29 is 23.8 Å². The Balaban J connectivity index is 1.49. The lowest BCUT2D eigenvalue weighted by Gasteiger charge is -2.11. The molecule has 0 spiro atoms. The topological polar surface area (TPSA) is 98.8 Å². The molecule has 168 valence electrons. The Morgan fingerprint density at radius 3 is 2.47 bits per heavy atom. The third-order valence-electron chi connectivity index (χ3n) is 4.28. The van der Waals surface area contributed by atoms with Crippen molar-refractivity contribution in [2.75, 3.05) is 37.7 Å². The summed E-state index contributed by atoms with van der Waals surface area (Å²) in [5.74, 6) is 1.96. The molecule has 2 amide bonds. The Kier molecular flexibility index (Phi) is 8.34. The first kappa shape index (κ1) is 23.4. The highest BCUT2D eigenvalue weighted by molar-refractivity contribution is 7.99. The molecule has 2 N–H and O–H groups in total. The van der Waals surface area contributed by atoms with Crippen LogP contribution in [0.1, 0.15) is 16.1 Å². The van der Waals surface area contributed by atoms with Gasteiger partial charge in [-0.25, -0.2) is 4.98 Å². The molecule has 3 aromatic rings. The first-order valence-corrected chi connectivity index (χ1v) is 11.6. The van der Waals surface area contributed by atoms with E-state index in [1.54, 1.807) is 49.6 Å². The molecule has 0 unspecified atom stereocenters. The lowest BCUT2D eigenvalue weighted by molar-refractivity contribution is -0.113. The van der Waals surface area contributed by atoms with Crippen LogP contribution < -0.4 is 24.8 Å². The number of ether oxygens (including phenoxy) is 3. The summed E-state index contributed by atoms with van der Waals surface area (Å²) in [7, 11) is 4.59. The molecule has 0 radical (unpaired) electrons. The van der Waals surface area contributed by atoms with Crippen LogP contribution in [0.25, 0.3) is 0 Å². The molecule has 0 atom stereocenters. The van der Waals surface area contributed by atoms with E-state index in [2.05, 4.69) is 15.6 Å². The molecule has 1 aromatic heterocycles. The molecule has 0 fully saturated rings. The Hall–Kier alpha value is -3.24. The van der Waals surface area contributed by atoms with Gasteiger partial charge in [0.05, 0.1) is 38.3 Å². The smallest absolute Gasteiger partial charge is 0.261 e. The van der Waals surface area contributed by atoms with E-state index in [-0.39, 0.29) is 17.6 Å². The molecule has 32 heavy (non-hydrogen) atoms. The molecule has 0 aliphatic rings. The Labute approximate surface area is 194 Å². The molecule has 1 heterocycles. The van der Waals surface area contributed by atoms with E-state index in [1.165, 1.54) is 37.3 Å². The molecule has 8 nitrogen and oxygen atoms in total. The third kappa shape index (κ3) is 6.14. The molecule has 0 aliphatic carbocycles. The number of hydrogen-bond donors (Lipinski definition) is 2. The van der Waals surface area contributed by atoms with Crippen LogP contribution >= 0.6 is 23.1 Å². The Bertz CT molecular complexity index is 1070. The minimum absolute atomic E-state index is 0.103. The molecule has 0 saturated carbocycles. The number of carbonyl (C=O) groups is 2. The average Bonchev–Trinajstić information content (AvgIpc) is 3.25. The number of thiazole rings is 1. The van der Waals surface area contributed by atoms with Gasteiger partial charge in [0.1, 0.15) is 5.75 Å². The number of methoxy groups -OCH3 is 3. The Morgan fingerprint density at radius 1 is 1.00 bits per heavy atom.